The number of nitriles is 1. The summed E-state index contributed by atoms with van der Waals surface area (Å²) in [4.78, 5) is 0. The second-order valence-corrected chi connectivity index (χ2v) is 1.10. The van der Waals surface area contributed by atoms with Gasteiger partial charge in [0.05, 0.1) is 12.1 Å². The van der Waals surface area contributed by atoms with E-state index in [1.54, 1.807) is 0 Å². The summed E-state index contributed by atoms with van der Waals surface area (Å²) in [6.07, 6.45) is -4.69. The average Bonchev–Trinajstić information content (AvgIpc) is 1.62. The molecule has 0 fully saturated rings. The molecule has 0 aromatic carbocycles. The van der Waals surface area contributed by atoms with Gasteiger partial charge in [-0.25, -0.2) is 0 Å². The molecule has 46 valence electrons. The molecule has 0 amide bonds. The highest BCUT2D eigenvalue weighted by Gasteiger charge is 2.30. The normalized spacial score (nSPS) is 14.9. The first-order chi connectivity index (χ1) is 3.48. The van der Waals surface area contributed by atoms with Gasteiger partial charge >= 0.3 is 6.18 Å². The predicted octanol–water partition coefficient (Wildman–Crippen LogP) is 1.49. The number of hydrogen-bond donors (Lipinski definition) is 0. The smallest absolute Gasteiger partial charge is 0.386 e. The standard InChI is InChI=1S/C3H2F3N2/c4-3(5,6)2(8)1-7/h2,8H/q-1. The summed E-state index contributed by atoms with van der Waals surface area (Å²) >= 11 is 0. The lowest BCUT2D eigenvalue weighted by molar-refractivity contribution is -0.127. The Balaban J connectivity index is 3.87. The van der Waals surface area contributed by atoms with Crippen molar-refractivity contribution in [2.24, 2.45) is 0 Å². The molecule has 5 heteroatoms. The van der Waals surface area contributed by atoms with Crippen molar-refractivity contribution in [3.63, 3.8) is 0 Å². The minimum absolute atomic E-state index is 0.747. The van der Waals surface area contributed by atoms with Gasteiger partial charge in [0.25, 0.3) is 0 Å². The van der Waals surface area contributed by atoms with Gasteiger partial charge in [0.2, 0.25) is 0 Å². The van der Waals surface area contributed by atoms with E-state index in [0.29, 0.717) is 0 Å². The first-order valence-corrected chi connectivity index (χ1v) is 1.66. The van der Waals surface area contributed by atoms with E-state index in [-0.39, 0.29) is 0 Å². The fourth-order valence-corrected chi connectivity index (χ4v) is 0.0732. The lowest BCUT2D eigenvalue weighted by Gasteiger charge is -2.13. The van der Waals surface area contributed by atoms with Crippen LogP contribution < -0.4 is 0 Å². The van der Waals surface area contributed by atoms with Gasteiger partial charge < -0.3 is 5.73 Å². The monoisotopic (exact) mass is 123 g/mol. The Kier molecular flexibility index (Phi) is 1.82. The molecule has 2 nitrogen and oxygen atoms in total. The summed E-state index contributed by atoms with van der Waals surface area (Å²) in [7, 11) is 0. The third-order valence-corrected chi connectivity index (χ3v) is 0.456. The van der Waals surface area contributed by atoms with Crippen molar-refractivity contribution in [3.05, 3.63) is 5.73 Å². The van der Waals surface area contributed by atoms with E-state index in [1.165, 1.54) is 0 Å². The summed E-state index contributed by atoms with van der Waals surface area (Å²) in [5.41, 5.74) is 5.99. The highest BCUT2D eigenvalue weighted by atomic mass is 19.4. The van der Waals surface area contributed by atoms with Gasteiger partial charge in [-0.05, 0) is 0 Å². The summed E-state index contributed by atoms with van der Waals surface area (Å²) in [6.45, 7) is 0. The number of alkyl halides is 3. The molecule has 0 aromatic heterocycles. The summed E-state index contributed by atoms with van der Waals surface area (Å²) < 4.78 is 33.1. The van der Waals surface area contributed by atoms with Crippen LogP contribution in [0, 0.1) is 11.3 Å². The largest absolute Gasteiger partial charge is 0.655 e. The van der Waals surface area contributed by atoms with E-state index in [0.717, 1.165) is 6.07 Å². The van der Waals surface area contributed by atoms with Crippen molar-refractivity contribution in [1.82, 2.24) is 0 Å². The van der Waals surface area contributed by atoms with Gasteiger partial charge in [-0.2, -0.15) is 18.4 Å². The number of nitrogens with one attached hydrogen (secondary N) is 1. The minimum Gasteiger partial charge on any atom is -0.655 e. The predicted molar refractivity (Wildman–Crippen MR) is 19.8 cm³/mol. The topological polar surface area (TPSA) is 47.6 Å². The lowest BCUT2D eigenvalue weighted by Crippen LogP contribution is -2.22. The summed E-state index contributed by atoms with van der Waals surface area (Å²) in [5, 5.41) is 7.51. The number of hydrogen-bond acceptors (Lipinski definition) is 1. The fourth-order valence-electron chi connectivity index (χ4n) is 0.0732. The third-order valence-electron chi connectivity index (χ3n) is 0.456. The van der Waals surface area contributed by atoms with Gasteiger partial charge in [-0.1, -0.05) is 0 Å². The average molecular weight is 123 g/mol. The molecule has 1 unspecified atom stereocenters. The van der Waals surface area contributed by atoms with E-state index >= 15 is 0 Å². The molecule has 0 bridgehead atoms. The number of halogens is 3. The Labute approximate surface area is 43.7 Å². The van der Waals surface area contributed by atoms with Crippen LogP contribution in [0.2, 0.25) is 0 Å². The minimum atomic E-state index is -4.69. The molecule has 8 heavy (non-hydrogen) atoms. The van der Waals surface area contributed by atoms with Crippen molar-refractivity contribution in [2.45, 2.75) is 12.2 Å². The zero-order chi connectivity index (χ0) is 6.78. The molecule has 0 aromatic rings. The van der Waals surface area contributed by atoms with Crippen LogP contribution in [-0.2, 0) is 0 Å². The van der Waals surface area contributed by atoms with Crippen molar-refractivity contribution < 1.29 is 13.2 Å². The maximum absolute atomic E-state index is 11.0. The Morgan fingerprint density at radius 3 is 1.88 bits per heavy atom. The zero-order valence-electron chi connectivity index (χ0n) is 3.66. The third kappa shape index (κ3) is 1.80. The molecule has 0 aliphatic rings. The molecule has 0 radical (unpaired) electrons. The SMILES string of the molecule is N#CC([NH-])C(F)(F)F. The molecule has 1 atom stereocenters. The Bertz CT molecular complexity index is 111. The van der Waals surface area contributed by atoms with Crippen LogP contribution in [0.25, 0.3) is 5.73 Å². The molecule has 0 rings (SSSR count). The molecule has 1 N–H and O–H groups in total. The van der Waals surface area contributed by atoms with Crippen LogP contribution in [0.1, 0.15) is 0 Å². The summed E-state index contributed by atoms with van der Waals surface area (Å²) in [5.74, 6) is 0. The zero-order valence-corrected chi connectivity index (χ0v) is 3.66. The second-order valence-electron chi connectivity index (χ2n) is 1.10. The molecule has 0 saturated heterocycles. The van der Waals surface area contributed by atoms with Crippen LogP contribution in [0.15, 0.2) is 0 Å². The van der Waals surface area contributed by atoms with Crippen LogP contribution in [0.3, 0.4) is 0 Å². The van der Waals surface area contributed by atoms with Gasteiger partial charge in [0.1, 0.15) is 0 Å². The first kappa shape index (κ1) is 7.24. The molecule has 0 heterocycles. The van der Waals surface area contributed by atoms with Crippen LogP contribution in [0.5, 0.6) is 0 Å². The summed E-state index contributed by atoms with van der Waals surface area (Å²) in [6, 6.07) is -1.85. The highest BCUT2D eigenvalue weighted by Crippen LogP contribution is 2.20. The number of nitrogens with zero attached hydrogens (tertiary/aromatic N) is 1. The van der Waals surface area contributed by atoms with Crippen LogP contribution in [-0.4, -0.2) is 12.2 Å². The Hall–Kier alpha value is -0.760. The number of rotatable bonds is 0. The lowest BCUT2D eigenvalue weighted by atomic mass is 10.3. The van der Waals surface area contributed by atoms with Gasteiger partial charge in [0, 0.05) is 0 Å². The van der Waals surface area contributed by atoms with Gasteiger partial charge in [0.15, 0.2) is 0 Å². The van der Waals surface area contributed by atoms with Crippen molar-refractivity contribution >= 4 is 0 Å². The molecule has 0 aliphatic heterocycles. The highest BCUT2D eigenvalue weighted by molar-refractivity contribution is 5.00. The maximum Gasteiger partial charge on any atom is 0.386 e. The molecule has 0 saturated carbocycles. The van der Waals surface area contributed by atoms with Crippen molar-refractivity contribution in [1.29, 1.82) is 5.26 Å². The van der Waals surface area contributed by atoms with Crippen LogP contribution >= 0.6 is 0 Å². The molecular weight excluding hydrogens is 121 g/mol. The fraction of sp³-hybridized carbons (Fsp3) is 0.667. The molecule has 0 aliphatic carbocycles. The van der Waals surface area contributed by atoms with E-state index in [2.05, 4.69) is 0 Å². The van der Waals surface area contributed by atoms with Crippen molar-refractivity contribution in [2.75, 3.05) is 0 Å². The van der Waals surface area contributed by atoms with E-state index < -0.39 is 12.2 Å². The van der Waals surface area contributed by atoms with E-state index in [9.17, 15) is 13.2 Å². The van der Waals surface area contributed by atoms with Gasteiger partial charge in [-0.15, -0.1) is 0 Å². The van der Waals surface area contributed by atoms with Gasteiger partial charge in [-0.3, -0.25) is 0 Å². The van der Waals surface area contributed by atoms with E-state index in [1.807, 2.05) is 0 Å². The molecular formula is C3H2F3N2-. The Morgan fingerprint density at radius 2 is 1.88 bits per heavy atom. The Morgan fingerprint density at radius 1 is 1.50 bits per heavy atom. The van der Waals surface area contributed by atoms with E-state index in [4.69, 9.17) is 11.0 Å². The van der Waals surface area contributed by atoms with Crippen molar-refractivity contribution in [3.8, 4) is 6.07 Å². The maximum atomic E-state index is 11.0. The first-order valence-electron chi connectivity index (χ1n) is 1.66. The van der Waals surface area contributed by atoms with Crippen LogP contribution in [0.4, 0.5) is 13.2 Å². The second kappa shape index (κ2) is 2.01. The quantitative estimate of drug-likeness (QED) is 0.481. The molecule has 0 spiro atoms.